The largest absolute Gasteiger partial charge is 0.381 e. The number of nitrogens with one attached hydrogen (secondary N) is 3. The van der Waals surface area contributed by atoms with Crippen LogP contribution in [0.5, 0.6) is 0 Å². The highest BCUT2D eigenvalue weighted by atomic mass is 16.5. The Hall–Kier alpha value is -3.40. The van der Waals surface area contributed by atoms with Crippen LogP contribution in [0.3, 0.4) is 0 Å². The minimum atomic E-state index is -0.670. The summed E-state index contributed by atoms with van der Waals surface area (Å²) in [6.45, 7) is 3.53. The number of anilines is 1. The molecule has 38 heavy (non-hydrogen) atoms. The molecule has 3 aromatic rings. The van der Waals surface area contributed by atoms with Gasteiger partial charge >= 0.3 is 5.69 Å². The molecule has 2 aromatic heterocycles. The van der Waals surface area contributed by atoms with E-state index in [0.717, 1.165) is 50.5 Å². The molecule has 1 unspecified atom stereocenters. The van der Waals surface area contributed by atoms with Crippen LogP contribution in [0.25, 0.3) is 11.0 Å². The number of benzene rings is 1. The predicted molar refractivity (Wildman–Crippen MR) is 143 cm³/mol. The van der Waals surface area contributed by atoms with Crippen LogP contribution in [-0.2, 0) is 16.6 Å². The standard InChI is InChI=1S/C28H36N6O4/c1-28(11-12-28)23(17-4-3-5-17)24(32-25(35)22-8-13-29-33(22)2)26(36)30-18-6-7-21-20(16-18)31-27(37)34(21)19-9-14-38-15-10-19/h6-8,13,16-17,19,23-24H,3-5,9-12,14-15H2,1-2H3,(H,30,36)(H,31,37)(H,32,35)/t23?,24-/m0/s1. The van der Waals surface area contributed by atoms with Gasteiger partial charge < -0.3 is 20.4 Å². The Morgan fingerprint density at radius 1 is 1.16 bits per heavy atom. The molecular formula is C28H36N6O4. The van der Waals surface area contributed by atoms with Gasteiger partial charge in [-0.15, -0.1) is 0 Å². The molecule has 6 rings (SSSR count). The van der Waals surface area contributed by atoms with Crippen molar-refractivity contribution in [1.82, 2.24) is 24.6 Å². The summed E-state index contributed by atoms with van der Waals surface area (Å²) < 4.78 is 8.79. The van der Waals surface area contributed by atoms with Crippen molar-refractivity contribution >= 4 is 28.5 Å². The topological polar surface area (TPSA) is 123 Å². The van der Waals surface area contributed by atoms with E-state index in [1.54, 1.807) is 23.9 Å². The Labute approximate surface area is 221 Å². The monoisotopic (exact) mass is 520 g/mol. The van der Waals surface area contributed by atoms with E-state index in [0.29, 0.717) is 36.0 Å². The van der Waals surface area contributed by atoms with Crippen LogP contribution >= 0.6 is 0 Å². The number of H-pyrrole nitrogens is 1. The first-order valence-corrected chi connectivity index (χ1v) is 13.8. The van der Waals surface area contributed by atoms with E-state index in [-0.39, 0.29) is 34.9 Å². The number of aryl methyl sites for hydroxylation is 1. The van der Waals surface area contributed by atoms with Crippen LogP contribution in [0.15, 0.2) is 35.3 Å². The highest BCUT2D eigenvalue weighted by Gasteiger charge is 2.54. The average molecular weight is 521 g/mol. The summed E-state index contributed by atoms with van der Waals surface area (Å²) in [6.07, 6.45) is 8.62. The number of imidazole rings is 1. The fraction of sp³-hybridized carbons (Fsp3) is 0.571. The molecule has 3 N–H and O–H groups in total. The molecule has 3 heterocycles. The van der Waals surface area contributed by atoms with Crippen molar-refractivity contribution in [3.8, 4) is 0 Å². The molecule has 3 fully saturated rings. The molecule has 1 saturated heterocycles. The number of hydrogen-bond acceptors (Lipinski definition) is 5. The molecule has 0 spiro atoms. The van der Waals surface area contributed by atoms with Crippen LogP contribution in [0, 0.1) is 17.3 Å². The van der Waals surface area contributed by atoms with Gasteiger partial charge in [0.2, 0.25) is 5.91 Å². The van der Waals surface area contributed by atoms with Crippen molar-refractivity contribution in [3.63, 3.8) is 0 Å². The first kappa shape index (κ1) is 24.9. The van der Waals surface area contributed by atoms with Gasteiger partial charge in [0, 0.05) is 38.2 Å². The Kier molecular flexibility index (Phi) is 6.37. The van der Waals surface area contributed by atoms with E-state index >= 15 is 0 Å². The molecule has 0 radical (unpaired) electrons. The number of hydrogen-bond donors (Lipinski definition) is 3. The van der Waals surface area contributed by atoms with Gasteiger partial charge in [-0.05, 0) is 67.2 Å². The SMILES string of the molecule is Cn1nccc1C(=O)N[C@H](C(=O)Nc1ccc2c(c1)[nH]c(=O)n2C1CCOCC1)C(C1CCC1)C1(C)CC1. The van der Waals surface area contributed by atoms with Gasteiger partial charge in [0.1, 0.15) is 11.7 Å². The molecule has 1 aromatic carbocycles. The predicted octanol–water partition coefficient (Wildman–Crippen LogP) is 3.37. The molecule has 2 saturated carbocycles. The number of fused-ring (bicyclic) bond motifs is 1. The zero-order valence-electron chi connectivity index (χ0n) is 22.0. The lowest BCUT2D eigenvalue weighted by atomic mass is 9.66. The molecule has 10 nitrogen and oxygen atoms in total. The van der Waals surface area contributed by atoms with E-state index in [1.807, 2.05) is 18.2 Å². The third-order valence-corrected chi connectivity index (χ3v) is 9.02. The van der Waals surface area contributed by atoms with Gasteiger partial charge in [0.25, 0.3) is 5.91 Å². The summed E-state index contributed by atoms with van der Waals surface area (Å²) in [4.78, 5) is 42.9. The van der Waals surface area contributed by atoms with Crippen LogP contribution in [0.1, 0.15) is 68.4 Å². The quantitative estimate of drug-likeness (QED) is 0.420. The second-order valence-electron chi connectivity index (χ2n) is 11.5. The van der Waals surface area contributed by atoms with E-state index in [2.05, 4.69) is 27.6 Å². The number of carbonyl (C=O) groups is 2. The van der Waals surface area contributed by atoms with Crippen molar-refractivity contribution < 1.29 is 14.3 Å². The second kappa shape index (κ2) is 9.72. The van der Waals surface area contributed by atoms with E-state index in [9.17, 15) is 14.4 Å². The van der Waals surface area contributed by atoms with E-state index in [4.69, 9.17) is 4.74 Å². The second-order valence-corrected chi connectivity index (χ2v) is 11.5. The Morgan fingerprint density at radius 3 is 2.55 bits per heavy atom. The van der Waals surface area contributed by atoms with Crippen LogP contribution in [0.2, 0.25) is 0 Å². The number of ether oxygens (including phenoxy) is 1. The number of aromatic nitrogens is 4. The Balaban J connectivity index is 1.28. The Bertz CT molecular complexity index is 1410. The maximum absolute atomic E-state index is 13.9. The number of nitrogens with zero attached hydrogens (tertiary/aromatic N) is 3. The van der Waals surface area contributed by atoms with Crippen molar-refractivity contribution in [2.75, 3.05) is 18.5 Å². The summed E-state index contributed by atoms with van der Waals surface area (Å²) in [7, 11) is 1.72. The van der Waals surface area contributed by atoms with Crippen molar-refractivity contribution in [2.24, 2.45) is 24.3 Å². The summed E-state index contributed by atoms with van der Waals surface area (Å²) in [6, 6.07) is 6.61. The zero-order valence-corrected chi connectivity index (χ0v) is 22.0. The molecule has 0 bridgehead atoms. The van der Waals surface area contributed by atoms with Crippen LogP contribution in [0.4, 0.5) is 5.69 Å². The molecule has 202 valence electrons. The van der Waals surface area contributed by atoms with Crippen molar-refractivity contribution in [2.45, 2.75) is 64.0 Å². The molecule has 2 aliphatic carbocycles. The van der Waals surface area contributed by atoms with Gasteiger partial charge in [-0.2, -0.15) is 5.10 Å². The van der Waals surface area contributed by atoms with Crippen LogP contribution in [-0.4, -0.2) is 50.4 Å². The molecule has 3 aliphatic rings. The summed E-state index contributed by atoms with van der Waals surface area (Å²) in [5.74, 6) is -0.0489. The highest BCUT2D eigenvalue weighted by molar-refractivity contribution is 6.01. The number of rotatable bonds is 8. The smallest absolute Gasteiger partial charge is 0.326 e. The average Bonchev–Trinajstić information content (AvgIpc) is 3.31. The summed E-state index contributed by atoms with van der Waals surface area (Å²) >= 11 is 0. The number of aromatic amines is 1. The Morgan fingerprint density at radius 2 is 1.92 bits per heavy atom. The molecule has 2 atom stereocenters. The van der Waals surface area contributed by atoms with E-state index in [1.165, 1.54) is 4.68 Å². The fourth-order valence-electron chi connectivity index (χ4n) is 6.44. The molecule has 1 aliphatic heterocycles. The lowest BCUT2D eigenvalue weighted by Gasteiger charge is -2.42. The number of carbonyl (C=O) groups excluding carboxylic acids is 2. The lowest BCUT2D eigenvalue weighted by Crippen LogP contribution is -2.54. The van der Waals surface area contributed by atoms with Crippen molar-refractivity contribution in [1.29, 1.82) is 0 Å². The maximum Gasteiger partial charge on any atom is 0.326 e. The summed E-state index contributed by atoms with van der Waals surface area (Å²) in [5, 5.41) is 10.3. The first-order chi connectivity index (χ1) is 18.3. The summed E-state index contributed by atoms with van der Waals surface area (Å²) in [5.41, 5.74) is 2.41. The molecular weight excluding hydrogens is 484 g/mol. The highest BCUT2D eigenvalue weighted by Crippen LogP contribution is 2.58. The molecule has 10 heteroatoms. The van der Waals surface area contributed by atoms with Gasteiger partial charge in [-0.25, -0.2) is 4.79 Å². The van der Waals surface area contributed by atoms with Crippen molar-refractivity contribution in [3.05, 3.63) is 46.6 Å². The molecule has 2 amide bonds. The van der Waals surface area contributed by atoms with Gasteiger partial charge in [-0.3, -0.25) is 18.8 Å². The number of amides is 2. The maximum atomic E-state index is 13.9. The minimum Gasteiger partial charge on any atom is -0.381 e. The first-order valence-electron chi connectivity index (χ1n) is 13.8. The third-order valence-electron chi connectivity index (χ3n) is 9.02. The van der Waals surface area contributed by atoms with Crippen LogP contribution < -0.4 is 16.3 Å². The zero-order chi connectivity index (χ0) is 26.4. The lowest BCUT2D eigenvalue weighted by molar-refractivity contribution is -0.121. The normalized spacial score (nSPS) is 21.0. The third kappa shape index (κ3) is 4.55. The van der Waals surface area contributed by atoms with Gasteiger partial charge in [0.05, 0.1) is 11.0 Å². The minimum absolute atomic E-state index is 0.0446. The van der Waals surface area contributed by atoms with Gasteiger partial charge in [0.15, 0.2) is 0 Å². The van der Waals surface area contributed by atoms with Gasteiger partial charge in [-0.1, -0.05) is 26.2 Å². The van der Waals surface area contributed by atoms with E-state index < -0.39 is 6.04 Å². The fourth-order valence-corrected chi connectivity index (χ4v) is 6.44.